The fraction of sp³-hybridized carbons (Fsp3) is 0.480. The molecule has 0 atom stereocenters. The molecule has 2 aromatic carbocycles. The average Bonchev–Trinajstić information content (AvgIpc) is 3.15. The van der Waals surface area contributed by atoms with Crippen molar-refractivity contribution in [2.75, 3.05) is 26.2 Å². The third kappa shape index (κ3) is 5.06. The largest absolute Gasteiger partial charge is 0.320 e. The molecular formula is C25H32FN3O3S. The predicted octanol–water partition coefficient (Wildman–Crippen LogP) is 4.21. The van der Waals surface area contributed by atoms with Crippen LogP contribution in [0.4, 0.5) is 9.18 Å². The molecule has 0 spiro atoms. The van der Waals surface area contributed by atoms with E-state index in [0.29, 0.717) is 50.5 Å². The van der Waals surface area contributed by atoms with E-state index in [-0.39, 0.29) is 23.3 Å². The first-order valence-corrected chi connectivity index (χ1v) is 12.9. The molecule has 2 aliphatic heterocycles. The molecule has 178 valence electrons. The van der Waals surface area contributed by atoms with Gasteiger partial charge in [-0.1, -0.05) is 45.0 Å². The zero-order valence-electron chi connectivity index (χ0n) is 19.5. The third-order valence-electron chi connectivity index (χ3n) is 6.64. The van der Waals surface area contributed by atoms with Crippen LogP contribution in [0.25, 0.3) is 0 Å². The number of piperidine rings is 1. The maximum atomic E-state index is 13.1. The quantitative estimate of drug-likeness (QED) is 0.654. The van der Waals surface area contributed by atoms with E-state index in [2.05, 4.69) is 20.8 Å². The van der Waals surface area contributed by atoms with Gasteiger partial charge in [0.05, 0.1) is 4.90 Å². The number of rotatable bonds is 5. The summed E-state index contributed by atoms with van der Waals surface area (Å²) in [7, 11) is -3.55. The van der Waals surface area contributed by atoms with Crippen molar-refractivity contribution >= 4 is 16.1 Å². The molecule has 2 saturated heterocycles. The number of carbonyl (C=O) groups is 1. The van der Waals surface area contributed by atoms with E-state index in [0.717, 1.165) is 11.1 Å². The summed E-state index contributed by atoms with van der Waals surface area (Å²) in [6.07, 6.45) is 1.24. The van der Waals surface area contributed by atoms with Gasteiger partial charge in [0.25, 0.3) is 0 Å². The van der Waals surface area contributed by atoms with E-state index < -0.39 is 10.0 Å². The number of hydrogen-bond donors (Lipinski definition) is 0. The van der Waals surface area contributed by atoms with Crippen molar-refractivity contribution in [3.63, 3.8) is 0 Å². The van der Waals surface area contributed by atoms with E-state index >= 15 is 0 Å². The first kappa shape index (κ1) is 23.7. The zero-order valence-corrected chi connectivity index (χ0v) is 20.3. The second kappa shape index (κ2) is 9.06. The lowest BCUT2D eigenvalue weighted by molar-refractivity contribution is 0.153. The maximum absolute atomic E-state index is 13.1. The van der Waals surface area contributed by atoms with Gasteiger partial charge in [-0.05, 0) is 53.6 Å². The van der Waals surface area contributed by atoms with Crippen LogP contribution in [0.3, 0.4) is 0 Å². The first-order chi connectivity index (χ1) is 15.6. The van der Waals surface area contributed by atoms with Gasteiger partial charge in [0.2, 0.25) is 10.0 Å². The highest BCUT2D eigenvalue weighted by Gasteiger charge is 2.37. The van der Waals surface area contributed by atoms with Gasteiger partial charge in [0.1, 0.15) is 5.82 Å². The van der Waals surface area contributed by atoms with Crippen molar-refractivity contribution in [2.45, 2.75) is 56.5 Å². The van der Waals surface area contributed by atoms with Crippen LogP contribution in [-0.4, -0.2) is 60.8 Å². The summed E-state index contributed by atoms with van der Waals surface area (Å²) < 4.78 is 40.9. The van der Waals surface area contributed by atoms with E-state index in [1.165, 1.54) is 16.4 Å². The van der Waals surface area contributed by atoms with Crippen molar-refractivity contribution in [1.82, 2.24) is 14.1 Å². The Kier molecular flexibility index (Phi) is 6.51. The number of amides is 2. The van der Waals surface area contributed by atoms with E-state index in [9.17, 15) is 17.6 Å². The Morgan fingerprint density at radius 1 is 0.909 bits per heavy atom. The SMILES string of the molecule is CC(C)(C)c1ccc(S(=O)(=O)N2CCC(N3CCN(Cc4ccc(F)cc4)C3=O)CC2)cc1. The summed E-state index contributed by atoms with van der Waals surface area (Å²) in [4.78, 5) is 16.9. The third-order valence-corrected chi connectivity index (χ3v) is 8.55. The topological polar surface area (TPSA) is 60.9 Å². The van der Waals surface area contributed by atoms with E-state index in [1.807, 2.05) is 17.0 Å². The highest BCUT2D eigenvalue weighted by atomic mass is 32.2. The molecule has 0 unspecified atom stereocenters. The van der Waals surface area contributed by atoms with Crippen molar-refractivity contribution in [1.29, 1.82) is 0 Å². The molecule has 2 fully saturated rings. The summed E-state index contributed by atoms with van der Waals surface area (Å²) in [5.41, 5.74) is 1.95. The Hall–Kier alpha value is -2.45. The molecule has 0 N–H and O–H groups in total. The number of sulfonamides is 1. The molecule has 8 heteroatoms. The van der Waals surface area contributed by atoms with Crippen LogP contribution in [0, 0.1) is 5.82 Å². The van der Waals surface area contributed by atoms with Gasteiger partial charge >= 0.3 is 6.03 Å². The van der Waals surface area contributed by atoms with Gasteiger partial charge in [-0.25, -0.2) is 17.6 Å². The molecule has 2 amide bonds. The maximum Gasteiger partial charge on any atom is 0.320 e. The molecule has 2 heterocycles. The molecule has 6 nitrogen and oxygen atoms in total. The van der Waals surface area contributed by atoms with Crippen LogP contribution in [0.15, 0.2) is 53.4 Å². The second-order valence-electron chi connectivity index (χ2n) is 9.93. The lowest BCUT2D eigenvalue weighted by atomic mass is 9.87. The van der Waals surface area contributed by atoms with Crippen molar-refractivity contribution in [3.8, 4) is 0 Å². The second-order valence-corrected chi connectivity index (χ2v) is 11.9. The van der Waals surface area contributed by atoms with Gasteiger partial charge in [0.15, 0.2) is 0 Å². The monoisotopic (exact) mass is 473 g/mol. The Bertz CT molecular complexity index is 1090. The zero-order chi connectivity index (χ0) is 23.8. The van der Waals surface area contributed by atoms with Crippen LogP contribution >= 0.6 is 0 Å². The van der Waals surface area contributed by atoms with Crippen LogP contribution in [0.1, 0.15) is 44.7 Å². The van der Waals surface area contributed by atoms with E-state index in [1.54, 1.807) is 29.2 Å². The van der Waals surface area contributed by atoms with Crippen molar-refractivity contribution in [2.24, 2.45) is 0 Å². The van der Waals surface area contributed by atoms with Crippen molar-refractivity contribution < 1.29 is 17.6 Å². The molecule has 33 heavy (non-hydrogen) atoms. The molecule has 0 aliphatic carbocycles. The normalized spacial score (nSPS) is 18.8. The minimum Gasteiger partial charge on any atom is -0.320 e. The fourth-order valence-electron chi connectivity index (χ4n) is 4.57. The van der Waals surface area contributed by atoms with E-state index in [4.69, 9.17) is 0 Å². The lowest BCUT2D eigenvalue weighted by Crippen LogP contribution is -2.47. The number of urea groups is 1. The van der Waals surface area contributed by atoms with Gasteiger partial charge in [0, 0.05) is 38.8 Å². The molecule has 2 aliphatic rings. The summed E-state index contributed by atoms with van der Waals surface area (Å²) in [6.45, 7) is 8.80. The summed E-state index contributed by atoms with van der Waals surface area (Å²) in [6, 6.07) is 13.4. The first-order valence-electron chi connectivity index (χ1n) is 11.5. The summed E-state index contributed by atoms with van der Waals surface area (Å²) in [5.74, 6) is -0.292. The highest BCUT2D eigenvalue weighted by Crippen LogP contribution is 2.28. The number of nitrogens with zero attached hydrogens (tertiary/aromatic N) is 3. The summed E-state index contributed by atoms with van der Waals surface area (Å²) in [5, 5.41) is 0. The smallest absolute Gasteiger partial charge is 0.320 e. The molecule has 2 aromatic rings. The van der Waals surface area contributed by atoms with Gasteiger partial charge in [-0.3, -0.25) is 0 Å². The lowest BCUT2D eigenvalue weighted by Gasteiger charge is -2.36. The Labute approximate surface area is 196 Å². The summed E-state index contributed by atoms with van der Waals surface area (Å²) >= 11 is 0. The predicted molar refractivity (Wildman–Crippen MR) is 126 cm³/mol. The van der Waals surface area contributed by atoms with Gasteiger partial charge in [-0.15, -0.1) is 0 Å². The Balaban J connectivity index is 1.35. The Morgan fingerprint density at radius 3 is 2.09 bits per heavy atom. The number of hydrogen-bond acceptors (Lipinski definition) is 3. The number of carbonyl (C=O) groups excluding carboxylic acids is 1. The molecule has 0 bridgehead atoms. The minimum absolute atomic E-state index is 0.0293. The van der Waals surface area contributed by atoms with Crippen LogP contribution in [0.2, 0.25) is 0 Å². The number of halogens is 1. The van der Waals surface area contributed by atoms with Crippen LogP contribution < -0.4 is 0 Å². The molecule has 0 saturated carbocycles. The molecule has 0 radical (unpaired) electrons. The fourth-order valence-corrected chi connectivity index (χ4v) is 6.04. The van der Waals surface area contributed by atoms with Gasteiger partial charge in [-0.2, -0.15) is 4.31 Å². The van der Waals surface area contributed by atoms with Gasteiger partial charge < -0.3 is 9.80 Å². The Morgan fingerprint density at radius 2 is 1.52 bits per heavy atom. The van der Waals surface area contributed by atoms with Crippen molar-refractivity contribution in [3.05, 3.63) is 65.5 Å². The standard InChI is InChI=1S/C25H32FN3O3S/c1-25(2,3)20-6-10-23(11-7-20)33(31,32)28-14-12-22(13-15-28)29-17-16-27(24(29)30)18-19-4-8-21(26)9-5-19/h4-11,22H,12-18H2,1-3H3. The highest BCUT2D eigenvalue weighted by molar-refractivity contribution is 7.89. The average molecular weight is 474 g/mol. The number of benzene rings is 2. The molecular weight excluding hydrogens is 441 g/mol. The van der Waals surface area contributed by atoms with Crippen LogP contribution in [0.5, 0.6) is 0 Å². The molecule has 0 aromatic heterocycles. The van der Waals surface area contributed by atoms with Crippen LogP contribution in [-0.2, 0) is 22.0 Å². The minimum atomic E-state index is -3.55. The molecule has 4 rings (SSSR count).